The van der Waals surface area contributed by atoms with Crippen LogP contribution >= 0.6 is 0 Å². The highest BCUT2D eigenvalue weighted by Gasteiger charge is 2.45. The number of carbonyl (C=O) groups is 3. The van der Waals surface area contributed by atoms with Crippen LogP contribution in [0.2, 0.25) is 0 Å². The minimum absolute atomic E-state index is 0.0348. The summed E-state index contributed by atoms with van der Waals surface area (Å²) in [5, 5.41) is 39.2. The van der Waals surface area contributed by atoms with Gasteiger partial charge in [0, 0.05) is 13.0 Å². The number of aliphatic hydroxyl groups is 3. The van der Waals surface area contributed by atoms with E-state index in [0.717, 1.165) is 4.68 Å². The Hall–Kier alpha value is -5.11. The van der Waals surface area contributed by atoms with Crippen molar-refractivity contribution in [2.24, 2.45) is 22.2 Å². The first-order valence-corrected chi connectivity index (χ1v) is 13.8. The number of amides is 3. The predicted octanol–water partition coefficient (Wildman–Crippen LogP) is -4.32. The lowest BCUT2D eigenvalue weighted by atomic mass is 10.0. The van der Waals surface area contributed by atoms with Gasteiger partial charge in [0.1, 0.15) is 35.8 Å². The zero-order valence-corrected chi connectivity index (χ0v) is 23.9. The lowest BCUT2D eigenvalue weighted by molar-refractivity contribution is -0.128. The Kier molecular flexibility index (Phi) is 10.3. The first-order valence-electron chi connectivity index (χ1n) is 13.8. The van der Waals surface area contributed by atoms with Gasteiger partial charge in [0.15, 0.2) is 23.5 Å². The third-order valence-electron chi connectivity index (χ3n) is 7.06. The highest BCUT2D eigenvalue weighted by molar-refractivity contribution is 6.05. The molecule has 1 aliphatic heterocycles. The Bertz CT molecular complexity index is 1620. The number of aliphatic imine (C=N–C) groups is 1. The Morgan fingerprint density at radius 3 is 2.42 bits per heavy atom. The van der Waals surface area contributed by atoms with Gasteiger partial charge in [0.2, 0.25) is 17.8 Å². The highest BCUT2D eigenvalue weighted by atomic mass is 16.6. The molecule has 19 heteroatoms. The largest absolute Gasteiger partial charge is 0.394 e. The third kappa shape index (κ3) is 7.52. The second kappa shape index (κ2) is 14.1. The van der Waals surface area contributed by atoms with Crippen molar-refractivity contribution >= 4 is 40.7 Å². The summed E-state index contributed by atoms with van der Waals surface area (Å²) in [4.78, 5) is 62.4. The summed E-state index contributed by atoms with van der Waals surface area (Å²) in [6.07, 6.45) is -5.43. The fraction of sp³-hybridized carbons (Fsp3) is 0.423. The maximum atomic E-state index is 13.7. The molecule has 1 saturated heterocycles. The van der Waals surface area contributed by atoms with Crippen LogP contribution in [0.25, 0.3) is 11.0 Å². The third-order valence-corrected chi connectivity index (χ3v) is 7.06. The van der Waals surface area contributed by atoms with Crippen LogP contribution in [0.1, 0.15) is 35.1 Å². The zero-order chi connectivity index (χ0) is 32.8. The lowest BCUT2D eigenvalue weighted by Crippen LogP contribution is -2.53. The SMILES string of the molecule is NC(=O)[C@H](CCCN=C(N)N)NC(=O)[C@H](Cc1ccccc1)NC(=O)c1nn(C2O[C@H](CO)[C@@H](O)[C@H]2O)c2nc(N)[nH]c(=O)c12. The number of nitrogens with one attached hydrogen (secondary N) is 3. The van der Waals surface area contributed by atoms with E-state index in [9.17, 15) is 34.5 Å². The van der Waals surface area contributed by atoms with Gasteiger partial charge in [-0.1, -0.05) is 30.3 Å². The summed E-state index contributed by atoms with van der Waals surface area (Å²) >= 11 is 0. The number of carbonyl (C=O) groups excluding carboxylic acids is 3. The van der Waals surface area contributed by atoms with Gasteiger partial charge < -0.3 is 53.6 Å². The summed E-state index contributed by atoms with van der Waals surface area (Å²) in [5.74, 6) is -3.06. The number of nitrogens with two attached hydrogens (primary N) is 4. The van der Waals surface area contributed by atoms with E-state index in [1.807, 2.05) is 0 Å². The molecule has 14 N–H and O–H groups in total. The molecule has 4 rings (SSSR count). The fourth-order valence-electron chi connectivity index (χ4n) is 4.83. The van der Waals surface area contributed by atoms with E-state index in [1.165, 1.54) is 0 Å². The number of guanidine groups is 1. The number of nitrogen functional groups attached to an aromatic ring is 1. The number of hydrogen-bond donors (Lipinski definition) is 10. The summed E-state index contributed by atoms with van der Waals surface area (Å²) < 4.78 is 6.41. The van der Waals surface area contributed by atoms with Gasteiger partial charge in [-0.25, -0.2) is 4.68 Å². The first kappa shape index (κ1) is 32.8. The van der Waals surface area contributed by atoms with Crippen molar-refractivity contribution in [3.8, 4) is 0 Å². The van der Waals surface area contributed by atoms with E-state index in [4.69, 9.17) is 27.7 Å². The highest BCUT2D eigenvalue weighted by Crippen LogP contribution is 2.31. The number of aromatic nitrogens is 4. The molecule has 1 aromatic carbocycles. The second-order valence-electron chi connectivity index (χ2n) is 10.3. The second-order valence-corrected chi connectivity index (χ2v) is 10.3. The Morgan fingerprint density at radius 1 is 1.09 bits per heavy atom. The van der Waals surface area contributed by atoms with Gasteiger partial charge in [-0.05, 0) is 18.4 Å². The molecule has 0 aliphatic carbocycles. The molecule has 1 unspecified atom stereocenters. The molecule has 2 aromatic heterocycles. The minimum Gasteiger partial charge on any atom is -0.394 e. The van der Waals surface area contributed by atoms with E-state index in [2.05, 4.69) is 30.7 Å². The number of hydrogen-bond acceptors (Lipinski definition) is 12. The van der Waals surface area contributed by atoms with Crippen LogP contribution in [0.3, 0.4) is 0 Å². The topological polar surface area (TPSA) is 325 Å². The number of H-pyrrole nitrogens is 1. The van der Waals surface area contributed by atoms with Gasteiger partial charge in [-0.3, -0.25) is 29.2 Å². The van der Waals surface area contributed by atoms with Crippen molar-refractivity contribution in [2.45, 2.75) is 55.9 Å². The number of aromatic amines is 1. The van der Waals surface area contributed by atoms with Crippen LogP contribution in [0, 0.1) is 0 Å². The Labute approximate surface area is 254 Å². The van der Waals surface area contributed by atoms with Crippen molar-refractivity contribution in [2.75, 3.05) is 18.9 Å². The van der Waals surface area contributed by atoms with Gasteiger partial charge in [0.25, 0.3) is 11.5 Å². The molecule has 3 aromatic rings. The van der Waals surface area contributed by atoms with Crippen LogP contribution in [0.15, 0.2) is 40.1 Å². The summed E-state index contributed by atoms with van der Waals surface area (Å²) in [5.41, 5.74) is 20.9. The van der Waals surface area contributed by atoms with Crippen molar-refractivity contribution < 1.29 is 34.4 Å². The number of primary amides is 1. The van der Waals surface area contributed by atoms with Gasteiger partial charge in [-0.15, -0.1) is 0 Å². The van der Waals surface area contributed by atoms with Crippen molar-refractivity contribution in [1.82, 2.24) is 30.4 Å². The van der Waals surface area contributed by atoms with Crippen LogP contribution in [-0.4, -0.2) is 102 Å². The van der Waals surface area contributed by atoms with Crippen molar-refractivity contribution in [3.05, 3.63) is 51.9 Å². The maximum Gasteiger partial charge on any atom is 0.273 e. The number of ether oxygens (including phenoxy) is 1. The molecule has 3 heterocycles. The van der Waals surface area contributed by atoms with Crippen LogP contribution < -0.4 is 39.1 Å². The normalized spacial score (nSPS) is 20.8. The van der Waals surface area contributed by atoms with Gasteiger partial charge >= 0.3 is 0 Å². The molecule has 0 saturated carbocycles. The molecular formula is C26H35N11O8. The number of aliphatic hydroxyl groups excluding tert-OH is 3. The number of nitrogens with zero attached hydrogens (tertiary/aromatic N) is 4. The standard InChI is InChI=1S/C26H35N11O8/c27-19(41)12(7-4-8-31-25(28)29)32-21(42)13(9-11-5-2-1-3-6-11)33-23(44)16-15-20(34-26(30)35-22(15)43)37(36-16)24-18(40)17(39)14(10-38)45-24/h1-3,5-6,12-14,17-18,24,38-40H,4,7-10H2,(H2,27,41)(H,32,42)(H,33,44)(H4,28,29,31)(H3,30,34,35,43)/t12-,13-,14+,17+,18+,24?/m0/s1. The smallest absolute Gasteiger partial charge is 0.273 e. The molecule has 0 bridgehead atoms. The molecule has 1 fully saturated rings. The predicted molar refractivity (Wildman–Crippen MR) is 158 cm³/mol. The molecule has 6 atom stereocenters. The number of fused-ring (bicyclic) bond motifs is 1. The first-order chi connectivity index (χ1) is 21.4. The number of anilines is 1. The average Bonchev–Trinajstić information content (AvgIpc) is 3.51. The van der Waals surface area contributed by atoms with E-state index in [1.54, 1.807) is 30.3 Å². The van der Waals surface area contributed by atoms with E-state index in [-0.39, 0.29) is 42.3 Å². The monoisotopic (exact) mass is 629 g/mol. The zero-order valence-electron chi connectivity index (χ0n) is 23.9. The maximum absolute atomic E-state index is 13.7. The van der Waals surface area contributed by atoms with Crippen molar-refractivity contribution in [1.29, 1.82) is 0 Å². The summed E-state index contributed by atoms with van der Waals surface area (Å²) in [7, 11) is 0. The molecule has 45 heavy (non-hydrogen) atoms. The van der Waals surface area contributed by atoms with Crippen LogP contribution in [0.5, 0.6) is 0 Å². The number of rotatable bonds is 13. The van der Waals surface area contributed by atoms with Crippen LogP contribution in [0.4, 0.5) is 5.95 Å². The molecule has 3 amide bonds. The van der Waals surface area contributed by atoms with Gasteiger partial charge in [0.05, 0.1) is 6.61 Å². The van der Waals surface area contributed by atoms with E-state index >= 15 is 0 Å². The molecule has 0 spiro atoms. The van der Waals surface area contributed by atoms with Crippen molar-refractivity contribution in [3.63, 3.8) is 0 Å². The molecular weight excluding hydrogens is 594 g/mol. The summed E-state index contributed by atoms with van der Waals surface area (Å²) in [6, 6.07) is 6.24. The number of benzene rings is 1. The molecule has 1 aliphatic rings. The molecule has 19 nitrogen and oxygen atoms in total. The Morgan fingerprint density at radius 2 is 1.80 bits per heavy atom. The fourth-order valence-corrected chi connectivity index (χ4v) is 4.83. The average molecular weight is 630 g/mol. The van der Waals surface area contributed by atoms with Crippen LogP contribution in [-0.2, 0) is 20.7 Å². The molecule has 242 valence electrons. The van der Waals surface area contributed by atoms with Gasteiger partial charge in [-0.2, -0.15) is 10.1 Å². The van der Waals surface area contributed by atoms with E-state index < -0.39 is 72.2 Å². The molecule has 0 radical (unpaired) electrons. The Balaban J connectivity index is 1.66. The lowest BCUT2D eigenvalue weighted by Gasteiger charge is -2.22. The quantitative estimate of drug-likeness (QED) is 0.0486. The van der Waals surface area contributed by atoms with E-state index in [0.29, 0.717) is 12.0 Å². The minimum atomic E-state index is -1.63. The summed E-state index contributed by atoms with van der Waals surface area (Å²) in [6.45, 7) is -0.460.